The van der Waals surface area contributed by atoms with E-state index in [1.807, 2.05) is 43.3 Å². The molecule has 2 heterocycles. The van der Waals surface area contributed by atoms with E-state index >= 15 is 0 Å². The quantitative estimate of drug-likeness (QED) is 0.774. The van der Waals surface area contributed by atoms with Crippen LogP contribution >= 0.6 is 0 Å². The molecule has 1 N–H and O–H groups in total. The zero-order chi connectivity index (χ0) is 14.8. The number of aromatic nitrogens is 1. The third kappa shape index (κ3) is 2.70. The minimum absolute atomic E-state index is 0.0545. The molecule has 2 aromatic heterocycles. The summed E-state index contributed by atoms with van der Waals surface area (Å²) in [6.45, 7) is 4.00. The van der Waals surface area contributed by atoms with Gasteiger partial charge in [0.15, 0.2) is 0 Å². The SMILES string of the molecule is COc1ccc2c(NC(C)c3ccc(C)o3)nccc2c1. The molecule has 3 rings (SSSR count). The number of hydrogen-bond donors (Lipinski definition) is 1. The predicted octanol–water partition coefficient (Wildman–Crippen LogP) is 4.32. The van der Waals surface area contributed by atoms with Crippen LogP contribution in [0.3, 0.4) is 0 Å². The Hall–Kier alpha value is -2.49. The summed E-state index contributed by atoms with van der Waals surface area (Å²) in [5.74, 6) is 3.50. The molecule has 21 heavy (non-hydrogen) atoms. The number of methoxy groups -OCH3 is 1. The van der Waals surface area contributed by atoms with Crippen molar-refractivity contribution in [3.8, 4) is 5.75 Å². The van der Waals surface area contributed by atoms with Crippen LogP contribution in [-0.2, 0) is 0 Å². The van der Waals surface area contributed by atoms with Crippen molar-refractivity contribution in [2.24, 2.45) is 0 Å². The molecule has 108 valence electrons. The van der Waals surface area contributed by atoms with Crippen molar-refractivity contribution in [1.82, 2.24) is 4.98 Å². The summed E-state index contributed by atoms with van der Waals surface area (Å²) in [5.41, 5.74) is 0. The van der Waals surface area contributed by atoms with Crippen LogP contribution in [0, 0.1) is 6.92 Å². The second-order valence-corrected chi connectivity index (χ2v) is 5.06. The van der Waals surface area contributed by atoms with Gasteiger partial charge in [0, 0.05) is 11.6 Å². The van der Waals surface area contributed by atoms with E-state index in [-0.39, 0.29) is 6.04 Å². The Labute approximate surface area is 123 Å². The lowest BCUT2D eigenvalue weighted by atomic mass is 10.1. The van der Waals surface area contributed by atoms with Crippen molar-refractivity contribution in [3.05, 3.63) is 54.1 Å². The van der Waals surface area contributed by atoms with Crippen LogP contribution in [0.15, 0.2) is 47.0 Å². The molecule has 0 aliphatic rings. The summed E-state index contributed by atoms with van der Waals surface area (Å²) in [6.07, 6.45) is 1.80. The molecular weight excluding hydrogens is 264 g/mol. The standard InChI is InChI=1S/C17H18N2O2/c1-11-4-7-16(21-11)12(2)19-17-15-6-5-14(20-3)10-13(15)8-9-18-17/h4-10,12H,1-3H3,(H,18,19). The van der Waals surface area contributed by atoms with Crippen LogP contribution in [0.2, 0.25) is 0 Å². The normalized spacial score (nSPS) is 12.3. The number of anilines is 1. The number of benzene rings is 1. The molecule has 1 unspecified atom stereocenters. The molecule has 4 heteroatoms. The first-order valence-electron chi connectivity index (χ1n) is 6.93. The number of furan rings is 1. The van der Waals surface area contributed by atoms with Crippen LogP contribution in [0.5, 0.6) is 5.75 Å². The summed E-state index contributed by atoms with van der Waals surface area (Å²) < 4.78 is 10.9. The molecule has 1 aromatic carbocycles. The average molecular weight is 282 g/mol. The van der Waals surface area contributed by atoms with Crippen LogP contribution in [0.1, 0.15) is 24.5 Å². The van der Waals surface area contributed by atoms with Gasteiger partial charge in [0.2, 0.25) is 0 Å². The zero-order valence-corrected chi connectivity index (χ0v) is 12.4. The minimum atomic E-state index is 0.0545. The first-order chi connectivity index (χ1) is 10.2. The van der Waals surface area contributed by atoms with Gasteiger partial charge in [0.05, 0.1) is 13.2 Å². The number of hydrogen-bond acceptors (Lipinski definition) is 4. The van der Waals surface area contributed by atoms with E-state index in [9.17, 15) is 0 Å². The van der Waals surface area contributed by atoms with Gasteiger partial charge >= 0.3 is 0 Å². The van der Waals surface area contributed by atoms with Gasteiger partial charge < -0.3 is 14.5 Å². The second-order valence-electron chi connectivity index (χ2n) is 5.06. The fourth-order valence-electron chi connectivity index (χ4n) is 2.36. The molecule has 0 fully saturated rings. The van der Waals surface area contributed by atoms with Gasteiger partial charge in [-0.1, -0.05) is 0 Å². The number of fused-ring (bicyclic) bond motifs is 1. The van der Waals surface area contributed by atoms with Crippen LogP contribution in [0.4, 0.5) is 5.82 Å². The Morgan fingerprint density at radius 1 is 1.19 bits per heavy atom. The fraction of sp³-hybridized carbons (Fsp3) is 0.235. The Kier molecular flexibility index (Phi) is 3.52. The number of rotatable bonds is 4. The number of ether oxygens (including phenoxy) is 1. The van der Waals surface area contributed by atoms with Crippen LogP contribution in [-0.4, -0.2) is 12.1 Å². The van der Waals surface area contributed by atoms with Crippen LogP contribution in [0.25, 0.3) is 10.8 Å². The topological polar surface area (TPSA) is 47.3 Å². The van der Waals surface area contributed by atoms with E-state index in [1.54, 1.807) is 13.3 Å². The fourth-order valence-corrected chi connectivity index (χ4v) is 2.36. The van der Waals surface area contributed by atoms with Crippen molar-refractivity contribution in [2.45, 2.75) is 19.9 Å². The maximum Gasteiger partial charge on any atom is 0.134 e. The maximum absolute atomic E-state index is 5.66. The highest BCUT2D eigenvalue weighted by atomic mass is 16.5. The molecule has 1 atom stereocenters. The predicted molar refractivity (Wildman–Crippen MR) is 83.8 cm³/mol. The van der Waals surface area contributed by atoms with E-state index in [0.717, 1.165) is 33.9 Å². The van der Waals surface area contributed by atoms with Gasteiger partial charge in [-0.15, -0.1) is 0 Å². The lowest BCUT2D eigenvalue weighted by molar-refractivity contribution is 0.415. The summed E-state index contributed by atoms with van der Waals surface area (Å²) in [4.78, 5) is 4.44. The summed E-state index contributed by atoms with van der Waals surface area (Å²) >= 11 is 0. The lowest BCUT2D eigenvalue weighted by Gasteiger charge is -2.14. The van der Waals surface area contributed by atoms with Crippen molar-refractivity contribution in [2.75, 3.05) is 12.4 Å². The minimum Gasteiger partial charge on any atom is -0.497 e. The number of nitrogens with one attached hydrogen (secondary N) is 1. The van der Waals surface area contributed by atoms with Gasteiger partial charge in [0.25, 0.3) is 0 Å². The second kappa shape index (κ2) is 5.48. The first-order valence-corrected chi connectivity index (χ1v) is 6.93. The maximum atomic E-state index is 5.66. The van der Waals surface area contributed by atoms with Crippen molar-refractivity contribution >= 4 is 16.6 Å². The molecule has 0 amide bonds. The molecular formula is C17H18N2O2. The molecule has 4 nitrogen and oxygen atoms in total. The molecule has 3 aromatic rings. The largest absolute Gasteiger partial charge is 0.497 e. The molecule has 0 bridgehead atoms. The Balaban J connectivity index is 1.93. The Bertz CT molecular complexity index is 764. The van der Waals surface area contributed by atoms with Gasteiger partial charge in [-0.05, 0) is 55.6 Å². The number of nitrogens with zero attached hydrogens (tertiary/aromatic N) is 1. The monoisotopic (exact) mass is 282 g/mol. The molecule has 0 aliphatic heterocycles. The van der Waals surface area contributed by atoms with Gasteiger partial charge in [-0.2, -0.15) is 0 Å². The third-order valence-electron chi connectivity index (χ3n) is 3.51. The van der Waals surface area contributed by atoms with Crippen molar-refractivity contribution < 1.29 is 9.15 Å². The van der Waals surface area contributed by atoms with Gasteiger partial charge in [-0.3, -0.25) is 0 Å². The van der Waals surface area contributed by atoms with E-state index in [0.29, 0.717) is 0 Å². The third-order valence-corrected chi connectivity index (χ3v) is 3.51. The molecule has 0 aliphatic carbocycles. The summed E-state index contributed by atoms with van der Waals surface area (Å²) in [5, 5.41) is 5.56. The van der Waals surface area contributed by atoms with Crippen molar-refractivity contribution in [3.63, 3.8) is 0 Å². The molecule has 0 saturated heterocycles. The summed E-state index contributed by atoms with van der Waals surface area (Å²) in [6, 6.07) is 11.9. The van der Waals surface area contributed by atoms with E-state index in [1.165, 1.54) is 0 Å². The van der Waals surface area contributed by atoms with Gasteiger partial charge in [-0.25, -0.2) is 4.98 Å². The number of pyridine rings is 1. The highest BCUT2D eigenvalue weighted by molar-refractivity contribution is 5.92. The molecule has 0 spiro atoms. The van der Waals surface area contributed by atoms with E-state index < -0.39 is 0 Å². The zero-order valence-electron chi connectivity index (χ0n) is 12.4. The van der Waals surface area contributed by atoms with Crippen molar-refractivity contribution in [1.29, 1.82) is 0 Å². The smallest absolute Gasteiger partial charge is 0.134 e. The number of aryl methyl sites for hydroxylation is 1. The lowest BCUT2D eigenvalue weighted by Crippen LogP contribution is -2.07. The van der Waals surface area contributed by atoms with Crippen LogP contribution < -0.4 is 10.1 Å². The average Bonchev–Trinajstić information content (AvgIpc) is 2.93. The Morgan fingerprint density at radius 2 is 2.05 bits per heavy atom. The summed E-state index contributed by atoms with van der Waals surface area (Å²) in [7, 11) is 1.67. The molecule has 0 radical (unpaired) electrons. The highest BCUT2D eigenvalue weighted by Gasteiger charge is 2.12. The van der Waals surface area contributed by atoms with E-state index in [2.05, 4.69) is 17.2 Å². The molecule has 0 saturated carbocycles. The van der Waals surface area contributed by atoms with E-state index in [4.69, 9.17) is 9.15 Å². The highest BCUT2D eigenvalue weighted by Crippen LogP contribution is 2.28. The van der Waals surface area contributed by atoms with Gasteiger partial charge in [0.1, 0.15) is 23.1 Å². The Morgan fingerprint density at radius 3 is 2.76 bits per heavy atom. The first kappa shape index (κ1) is 13.5.